The van der Waals surface area contributed by atoms with Crippen LogP contribution >= 0.6 is 0 Å². The molecule has 0 bridgehead atoms. The number of rotatable bonds is 7. The summed E-state index contributed by atoms with van der Waals surface area (Å²) in [6.07, 6.45) is -0.353. The van der Waals surface area contributed by atoms with E-state index >= 15 is 0 Å². The summed E-state index contributed by atoms with van der Waals surface area (Å²) in [5, 5.41) is 6.48. The number of benzene rings is 1. The van der Waals surface area contributed by atoms with Gasteiger partial charge in [0.1, 0.15) is 5.76 Å². The third kappa shape index (κ3) is 5.02. The minimum absolute atomic E-state index is 0.0523. The molecule has 1 aromatic heterocycles. The number of nitrogens with one attached hydrogen (secondary N) is 1. The molecule has 0 saturated carbocycles. The Morgan fingerprint density at radius 3 is 2.38 bits per heavy atom. The van der Waals surface area contributed by atoms with Gasteiger partial charge in [-0.05, 0) is 58.4 Å². The van der Waals surface area contributed by atoms with Gasteiger partial charge in [0.05, 0.1) is 5.69 Å². The molecule has 1 N–H and O–H groups in total. The Morgan fingerprint density at radius 2 is 1.85 bits per heavy atom. The SMILES string of the molecule is CC(=O)c1ccc(NC(=O)[C@@H](C)OC(=O)CCc2c(C)noc2C)cc1. The van der Waals surface area contributed by atoms with Crippen LogP contribution in [-0.2, 0) is 20.7 Å². The predicted octanol–water partition coefficient (Wildman–Crippen LogP) is 3.00. The van der Waals surface area contributed by atoms with E-state index in [4.69, 9.17) is 9.26 Å². The van der Waals surface area contributed by atoms with Gasteiger partial charge in [-0.3, -0.25) is 14.4 Å². The van der Waals surface area contributed by atoms with Gasteiger partial charge >= 0.3 is 5.97 Å². The Bertz CT molecular complexity index is 788. The fraction of sp³-hybridized carbons (Fsp3) is 0.368. The van der Waals surface area contributed by atoms with Crippen LogP contribution in [0.4, 0.5) is 5.69 Å². The first-order valence-electron chi connectivity index (χ1n) is 8.31. The van der Waals surface area contributed by atoms with E-state index in [1.165, 1.54) is 13.8 Å². The number of esters is 1. The largest absolute Gasteiger partial charge is 0.453 e. The number of carbonyl (C=O) groups excluding carboxylic acids is 3. The number of aryl methyl sites for hydroxylation is 2. The molecule has 138 valence electrons. The number of carbonyl (C=O) groups is 3. The third-order valence-corrected chi connectivity index (χ3v) is 4.00. The lowest BCUT2D eigenvalue weighted by Gasteiger charge is -2.13. The Kier molecular flexibility index (Phi) is 6.27. The Labute approximate surface area is 151 Å². The highest BCUT2D eigenvalue weighted by atomic mass is 16.5. The van der Waals surface area contributed by atoms with Gasteiger partial charge in [0.2, 0.25) is 0 Å². The number of ether oxygens (including phenoxy) is 1. The summed E-state index contributed by atoms with van der Waals surface area (Å²) in [6, 6.07) is 6.50. The molecule has 0 unspecified atom stereocenters. The molecular formula is C19H22N2O5. The van der Waals surface area contributed by atoms with Gasteiger partial charge < -0.3 is 14.6 Å². The number of nitrogens with zero attached hydrogens (tertiary/aromatic N) is 1. The average molecular weight is 358 g/mol. The van der Waals surface area contributed by atoms with Gasteiger partial charge in [-0.1, -0.05) is 5.16 Å². The lowest BCUT2D eigenvalue weighted by molar-refractivity contribution is -0.153. The molecule has 1 heterocycles. The fourth-order valence-electron chi connectivity index (χ4n) is 2.43. The van der Waals surface area contributed by atoms with Crippen LogP contribution in [0.15, 0.2) is 28.8 Å². The molecule has 7 nitrogen and oxygen atoms in total. The van der Waals surface area contributed by atoms with Crippen LogP contribution in [0.25, 0.3) is 0 Å². The topological polar surface area (TPSA) is 98.5 Å². The molecule has 0 spiro atoms. The van der Waals surface area contributed by atoms with Crippen molar-refractivity contribution in [2.75, 3.05) is 5.32 Å². The van der Waals surface area contributed by atoms with E-state index in [2.05, 4.69) is 10.5 Å². The Hall–Kier alpha value is -2.96. The number of amides is 1. The van der Waals surface area contributed by atoms with E-state index in [1.54, 1.807) is 31.2 Å². The number of ketones is 1. The second-order valence-electron chi connectivity index (χ2n) is 6.06. The normalized spacial score (nSPS) is 11.7. The number of anilines is 1. The number of aromatic nitrogens is 1. The van der Waals surface area contributed by atoms with Crippen molar-refractivity contribution in [1.82, 2.24) is 5.16 Å². The van der Waals surface area contributed by atoms with Crippen molar-refractivity contribution in [3.63, 3.8) is 0 Å². The summed E-state index contributed by atoms with van der Waals surface area (Å²) in [5.74, 6) is -0.288. The van der Waals surface area contributed by atoms with E-state index in [0.29, 0.717) is 23.4 Å². The highest BCUT2D eigenvalue weighted by molar-refractivity contribution is 5.97. The molecule has 0 radical (unpaired) electrons. The van der Waals surface area contributed by atoms with Crippen LogP contribution in [0.3, 0.4) is 0 Å². The van der Waals surface area contributed by atoms with Crippen molar-refractivity contribution < 1.29 is 23.6 Å². The second-order valence-corrected chi connectivity index (χ2v) is 6.06. The van der Waals surface area contributed by atoms with Crippen LogP contribution in [0, 0.1) is 13.8 Å². The monoisotopic (exact) mass is 358 g/mol. The molecule has 0 aliphatic carbocycles. The van der Waals surface area contributed by atoms with Gasteiger partial charge in [0, 0.05) is 23.2 Å². The zero-order chi connectivity index (χ0) is 19.3. The van der Waals surface area contributed by atoms with Crippen LogP contribution in [0.5, 0.6) is 0 Å². The molecule has 2 rings (SSSR count). The van der Waals surface area contributed by atoms with Gasteiger partial charge in [-0.15, -0.1) is 0 Å². The molecular weight excluding hydrogens is 336 g/mol. The number of Topliss-reactive ketones (excluding diaryl/α,β-unsaturated/α-hetero) is 1. The molecule has 2 aromatic rings. The van der Waals surface area contributed by atoms with Gasteiger partial charge in [-0.2, -0.15) is 0 Å². The van der Waals surface area contributed by atoms with Crippen molar-refractivity contribution in [2.45, 2.75) is 46.6 Å². The second kappa shape index (κ2) is 8.42. The molecule has 1 aromatic carbocycles. The minimum atomic E-state index is -0.931. The number of hydrogen-bond acceptors (Lipinski definition) is 6. The molecule has 26 heavy (non-hydrogen) atoms. The van der Waals surface area contributed by atoms with E-state index < -0.39 is 18.0 Å². The van der Waals surface area contributed by atoms with Crippen LogP contribution in [-0.4, -0.2) is 28.9 Å². The predicted molar refractivity (Wildman–Crippen MR) is 94.9 cm³/mol. The van der Waals surface area contributed by atoms with Crippen molar-refractivity contribution in [3.05, 3.63) is 46.8 Å². The summed E-state index contributed by atoms with van der Waals surface area (Å²) in [6.45, 7) is 6.57. The Balaban J connectivity index is 1.84. The van der Waals surface area contributed by atoms with Gasteiger partial charge in [0.25, 0.3) is 5.91 Å². The summed E-state index contributed by atoms with van der Waals surface area (Å²) in [4.78, 5) is 35.3. The smallest absolute Gasteiger partial charge is 0.306 e. The van der Waals surface area contributed by atoms with Crippen molar-refractivity contribution in [1.29, 1.82) is 0 Å². The highest BCUT2D eigenvalue weighted by Gasteiger charge is 2.19. The third-order valence-electron chi connectivity index (χ3n) is 4.00. The van der Waals surface area contributed by atoms with Crippen molar-refractivity contribution >= 4 is 23.3 Å². The number of hydrogen-bond donors (Lipinski definition) is 1. The van der Waals surface area contributed by atoms with Crippen LogP contribution < -0.4 is 5.32 Å². The Morgan fingerprint density at radius 1 is 1.19 bits per heavy atom. The van der Waals surface area contributed by atoms with Crippen LogP contribution in [0.2, 0.25) is 0 Å². The lowest BCUT2D eigenvalue weighted by atomic mass is 10.1. The average Bonchev–Trinajstić information content (AvgIpc) is 2.91. The molecule has 1 amide bonds. The summed E-state index contributed by atoms with van der Waals surface area (Å²) in [5.41, 5.74) is 2.71. The standard InChI is InChI=1S/C19H22N2O5/c1-11-17(13(3)26-21-11)9-10-18(23)25-14(4)19(24)20-16-7-5-15(6-8-16)12(2)22/h5-8,14H,9-10H2,1-4H3,(H,20,24)/t14-/m1/s1. The van der Waals surface area contributed by atoms with E-state index in [1.807, 2.05) is 6.92 Å². The molecule has 1 atom stereocenters. The zero-order valence-corrected chi connectivity index (χ0v) is 15.3. The molecule has 7 heteroatoms. The maximum Gasteiger partial charge on any atom is 0.306 e. The molecule has 0 fully saturated rings. The molecule has 0 aliphatic rings. The first kappa shape index (κ1) is 19.4. The fourth-order valence-corrected chi connectivity index (χ4v) is 2.43. The zero-order valence-electron chi connectivity index (χ0n) is 15.3. The quantitative estimate of drug-likeness (QED) is 0.603. The summed E-state index contributed by atoms with van der Waals surface area (Å²) < 4.78 is 10.2. The summed E-state index contributed by atoms with van der Waals surface area (Å²) >= 11 is 0. The van der Waals surface area contributed by atoms with E-state index in [9.17, 15) is 14.4 Å². The minimum Gasteiger partial charge on any atom is -0.453 e. The maximum atomic E-state index is 12.1. The van der Waals surface area contributed by atoms with Crippen molar-refractivity contribution in [3.8, 4) is 0 Å². The van der Waals surface area contributed by atoms with Gasteiger partial charge in [0.15, 0.2) is 11.9 Å². The van der Waals surface area contributed by atoms with Crippen LogP contribution in [0.1, 0.15) is 47.6 Å². The molecule has 0 aliphatic heterocycles. The van der Waals surface area contributed by atoms with Gasteiger partial charge in [-0.25, -0.2) is 0 Å². The maximum absolute atomic E-state index is 12.1. The first-order chi connectivity index (χ1) is 12.3. The molecule has 0 saturated heterocycles. The van der Waals surface area contributed by atoms with E-state index in [0.717, 1.165) is 11.3 Å². The van der Waals surface area contributed by atoms with Crippen molar-refractivity contribution in [2.24, 2.45) is 0 Å². The van der Waals surface area contributed by atoms with E-state index in [-0.39, 0.29) is 12.2 Å². The highest BCUT2D eigenvalue weighted by Crippen LogP contribution is 2.15. The first-order valence-corrected chi connectivity index (χ1v) is 8.31. The summed E-state index contributed by atoms with van der Waals surface area (Å²) in [7, 11) is 0. The lowest BCUT2D eigenvalue weighted by Crippen LogP contribution is -2.30.